The van der Waals surface area contributed by atoms with Crippen LogP contribution >= 0.6 is 0 Å². The van der Waals surface area contributed by atoms with E-state index in [0.29, 0.717) is 24.2 Å². The maximum absolute atomic E-state index is 14.3. The molecule has 5 aromatic rings. The lowest BCUT2D eigenvalue weighted by atomic mass is 9.91. The van der Waals surface area contributed by atoms with Gasteiger partial charge in [-0.05, 0) is 60.4 Å². The lowest BCUT2D eigenvalue weighted by molar-refractivity contribution is -0.131. The fraction of sp³-hybridized carbons (Fsp3) is 0.147. The molecule has 1 amide bonds. The fourth-order valence-electron chi connectivity index (χ4n) is 5.66. The molecular weight excluding hydrogens is 517 g/mol. The van der Waals surface area contributed by atoms with Gasteiger partial charge in [-0.25, -0.2) is 14.2 Å². The van der Waals surface area contributed by atoms with Crippen LogP contribution in [0, 0.1) is 5.82 Å². The van der Waals surface area contributed by atoms with E-state index in [1.165, 1.54) is 12.1 Å². The van der Waals surface area contributed by atoms with Gasteiger partial charge >= 0.3 is 5.97 Å². The molecule has 0 saturated carbocycles. The quantitative estimate of drug-likeness (QED) is 0.194. The van der Waals surface area contributed by atoms with Crippen LogP contribution in [-0.4, -0.2) is 44.4 Å². The van der Waals surface area contributed by atoms with E-state index in [-0.39, 0.29) is 28.8 Å². The van der Waals surface area contributed by atoms with Crippen molar-refractivity contribution in [3.63, 3.8) is 0 Å². The number of aromatic nitrogens is 2. The molecule has 6 nitrogen and oxygen atoms in total. The average Bonchev–Trinajstić information content (AvgIpc) is 3.40. The summed E-state index contributed by atoms with van der Waals surface area (Å²) in [5, 5.41) is 10.3. The molecule has 7 heteroatoms. The smallest absolute Gasteiger partial charge is 0.337 e. The van der Waals surface area contributed by atoms with E-state index in [1.54, 1.807) is 65.6 Å². The molecule has 41 heavy (non-hydrogen) atoms. The highest BCUT2D eigenvalue weighted by Crippen LogP contribution is 2.35. The van der Waals surface area contributed by atoms with E-state index >= 15 is 0 Å². The van der Waals surface area contributed by atoms with Crippen LogP contribution in [0.25, 0.3) is 27.9 Å². The number of carbonyl (C=O) groups is 2. The monoisotopic (exact) mass is 545 g/mol. The summed E-state index contributed by atoms with van der Waals surface area (Å²) >= 11 is 0. The number of rotatable bonds is 6. The molecule has 1 saturated heterocycles. The molecular formula is C34H28FN3O3. The number of carboxylic acid groups (broad SMARTS) is 1. The van der Waals surface area contributed by atoms with Crippen molar-refractivity contribution in [1.29, 1.82) is 0 Å². The number of imidazole rings is 1. The largest absolute Gasteiger partial charge is 0.478 e. The van der Waals surface area contributed by atoms with Gasteiger partial charge in [0.25, 0.3) is 5.91 Å². The lowest BCUT2D eigenvalue weighted by Crippen LogP contribution is -2.40. The zero-order chi connectivity index (χ0) is 28.3. The van der Waals surface area contributed by atoms with Crippen LogP contribution in [0.15, 0.2) is 109 Å². The zero-order valence-corrected chi connectivity index (χ0v) is 22.3. The van der Waals surface area contributed by atoms with Gasteiger partial charge < -0.3 is 14.4 Å². The van der Waals surface area contributed by atoms with Crippen LogP contribution in [0.4, 0.5) is 4.39 Å². The summed E-state index contributed by atoms with van der Waals surface area (Å²) in [6.45, 7) is 0.912. The third kappa shape index (κ3) is 5.14. The molecule has 204 valence electrons. The molecule has 0 radical (unpaired) electrons. The fourth-order valence-corrected chi connectivity index (χ4v) is 5.66. The van der Waals surface area contributed by atoms with Crippen LogP contribution < -0.4 is 0 Å². The molecule has 1 N–H and O–H groups in total. The Balaban J connectivity index is 1.40. The zero-order valence-electron chi connectivity index (χ0n) is 22.3. The second kappa shape index (κ2) is 11.2. The molecule has 6 rings (SSSR count). The SMILES string of the molecule is O=C(O)/C(=C(/C(=O)N1CCCC(c2nc(-c3ccc(F)cc3)c3ccccn23)C1)c1ccccc1)c1ccccc1. The number of nitrogens with zero attached hydrogens (tertiary/aromatic N) is 3. The van der Waals surface area contributed by atoms with Gasteiger partial charge in [-0.15, -0.1) is 0 Å². The van der Waals surface area contributed by atoms with E-state index in [0.717, 1.165) is 35.4 Å². The second-order valence-corrected chi connectivity index (χ2v) is 10.2. The van der Waals surface area contributed by atoms with Gasteiger partial charge in [0.2, 0.25) is 0 Å². The number of hydrogen-bond donors (Lipinski definition) is 1. The number of carboxylic acids is 1. The molecule has 3 aromatic carbocycles. The van der Waals surface area contributed by atoms with Gasteiger partial charge in [-0.3, -0.25) is 4.79 Å². The van der Waals surface area contributed by atoms with Crippen molar-refractivity contribution in [3.05, 3.63) is 132 Å². The number of fused-ring (bicyclic) bond motifs is 1. The second-order valence-electron chi connectivity index (χ2n) is 10.2. The predicted molar refractivity (Wildman–Crippen MR) is 156 cm³/mol. The van der Waals surface area contributed by atoms with Gasteiger partial charge in [0.05, 0.1) is 22.4 Å². The summed E-state index contributed by atoms with van der Waals surface area (Å²) in [4.78, 5) is 33.7. The highest BCUT2D eigenvalue weighted by molar-refractivity contribution is 6.38. The standard InChI is InChI=1S/C34H28FN3O3/c35-27-18-16-25(17-19-27)31-28-15-7-8-21-38(28)32(36-31)26-14-9-20-37(22-26)33(39)29(23-10-3-1-4-11-23)30(34(40)41)24-12-5-2-6-13-24/h1-8,10-13,15-19,21,26H,9,14,20,22H2,(H,40,41)/b30-29+. The first kappa shape index (κ1) is 26.2. The molecule has 0 bridgehead atoms. The Kier molecular flexibility index (Phi) is 7.17. The summed E-state index contributed by atoms with van der Waals surface area (Å²) in [6, 6.07) is 29.9. The van der Waals surface area contributed by atoms with E-state index in [4.69, 9.17) is 4.98 Å². The maximum atomic E-state index is 14.3. The maximum Gasteiger partial charge on any atom is 0.337 e. The number of hydrogen-bond acceptors (Lipinski definition) is 3. The minimum atomic E-state index is -1.15. The first-order valence-electron chi connectivity index (χ1n) is 13.6. The summed E-state index contributed by atoms with van der Waals surface area (Å²) in [5.41, 5.74) is 3.66. The minimum Gasteiger partial charge on any atom is -0.478 e. The third-order valence-electron chi connectivity index (χ3n) is 7.57. The summed E-state index contributed by atoms with van der Waals surface area (Å²) in [5.74, 6) is -1.03. The van der Waals surface area contributed by atoms with Crippen molar-refractivity contribution in [2.45, 2.75) is 18.8 Å². The normalized spacial score (nSPS) is 15.9. The molecule has 2 aromatic heterocycles. The van der Waals surface area contributed by atoms with Crippen LogP contribution in [-0.2, 0) is 9.59 Å². The Labute approximate surface area is 237 Å². The van der Waals surface area contributed by atoms with E-state index in [1.807, 2.05) is 40.9 Å². The Bertz CT molecular complexity index is 1750. The summed E-state index contributed by atoms with van der Waals surface area (Å²) in [7, 11) is 0. The van der Waals surface area contributed by atoms with Crippen LogP contribution in [0.3, 0.4) is 0 Å². The summed E-state index contributed by atoms with van der Waals surface area (Å²) in [6.07, 6.45) is 3.54. The van der Waals surface area contributed by atoms with Gasteiger partial charge in [0.15, 0.2) is 0 Å². The molecule has 1 fully saturated rings. The van der Waals surface area contributed by atoms with Crippen molar-refractivity contribution in [1.82, 2.24) is 14.3 Å². The van der Waals surface area contributed by atoms with E-state index in [9.17, 15) is 19.1 Å². The number of benzene rings is 3. The van der Waals surface area contributed by atoms with Crippen molar-refractivity contribution in [2.75, 3.05) is 13.1 Å². The van der Waals surface area contributed by atoms with E-state index in [2.05, 4.69) is 0 Å². The number of aliphatic carboxylic acids is 1. The first-order chi connectivity index (χ1) is 20.0. The minimum absolute atomic E-state index is 0.0196. The number of likely N-dealkylation sites (tertiary alicyclic amines) is 1. The Morgan fingerprint density at radius 3 is 2.10 bits per heavy atom. The molecule has 1 aliphatic heterocycles. The summed E-state index contributed by atoms with van der Waals surface area (Å²) < 4.78 is 15.7. The topological polar surface area (TPSA) is 74.9 Å². The molecule has 0 spiro atoms. The molecule has 3 heterocycles. The molecule has 0 aliphatic carbocycles. The molecule has 1 aliphatic rings. The van der Waals surface area contributed by atoms with Crippen LogP contribution in [0.1, 0.15) is 35.7 Å². The van der Waals surface area contributed by atoms with E-state index < -0.39 is 5.97 Å². The molecule has 1 unspecified atom stereocenters. The van der Waals surface area contributed by atoms with Crippen LogP contribution in [0.5, 0.6) is 0 Å². The van der Waals surface area contributed by atoms with Crippen molar-refractivity contribution in [3.8, 4) is 11.3 Å². The molecule has 1 atom stereocenters. The van der Waals surface area contributed by atoms with Crippen molar-refractivity contribution in [2.24, 2.45) is 0 Å². The van der Waals surface area contributed by atoms with Gasteiger partial charge in [0, 0.05) is 30.8 Å². The van der Waals surface area contributed by atoms with Crippen LogP contribution in [0.2, 0.25) is 0 Å². The first-order valence-corrected chi connectivity index (χ1v) is 13.6. The number of pyridine rings is 1. The highest BCUT2D eigenvalue weighted by atomic mass is 19.1. The van der Waals surface area contributed by atoms with Gasteiger partial charge in [-0.2, -0.15) is 0 Å². The number of amides is 1. The predicted octanol–water partition coefficient (Wildman–Crippen LogP) is 6.54. The highest BCUT2D eigenvalue weighted by Gasteiger charge is 2.33. The lowest BCUT2D eigenvalue weighted by Gasteiger charge is -2.33. The van der Waals surface area contributed by atoms with Gasteiger partial charge in [0.1, 0.15) is 11.6 Å². The van der Waals surface area contributed by atoms with Gasteiger partial charge in [-0.1, -0.05) is 66.7 Å². The number of piperidine rings is 1. The van der Waals surface area contributed by atoms with Crippen molar-refractivity contribution < 1.29 is 19.1 Å². The Morgan fingerprint density at radius 2 is 1.44 bits per heavy atom. The Morgan fingerprint density at radius 1 is 0.805 bits per heavy atom. The number of carbonyl (C=O) groups excluding carboxylic acids is 1. The average molecular weight is 546 g/mol. The Hall–Kier alpha value is -5.04. The number of halogens is 1. The third-order valence-corrected chi connectivity index (χ3v) is 7.57. The van der Waals surface area contributed by atoms with Crippen molar-refractivity contribution >= 4 is 28.5 Å².